The molecule has 0 aliphatic carbocycles. The molecule has 2 aromatic heterocycles. The summed E-state index contributed by atoms with van der Waals surface area (Å²) in [5.74, 6) is -1.29. The summed E-state index contributed by atoms with van der Waals surface area (Å²) in [7, 11) is 0. The van der Waals surface area contributed by atoms with Crippen LogP contribution < -0.4 is 10.7 Å². The zero-order valence-corrected chi connectivity index (χ0v) is 19.0. The van der Waals surface area contributed by atoms with E-state index in [0.717, 1.165) is 5.56 Å². The zero-order valence-electron chi connectivity index (χ0n) is 17.4. The maximum absolute atomic E-state index is 13.0. The highest BCUT2D eigenvalue weighted by molar-refractivity contribution is 7.15. The molecule has 0 unspecified atom stereocenters. The summed E-state index contributed by atoms with van der Waals surface area (Å²) in [6.07, 6.45) is 1.46. The Hall–Kier alpha value is -3.75. The van der Waals surface area contributed by atoms with Crippen LogP contribution in [0.25, 0.3) is 16.8 Å². The molecule has 4 aromatic rings. The van der Waals surface area contributed by atoms with Gasteiger partial charge in [-0.25, -0.2) is 9.48 Å². The zero-order chi connectivity index (χ0) is 23.4. The van der Waals surface area contributed by atoms with Crippen molar-refractivity contribution in [2.45, 2.75) is 6.92 Å². The molecule has 0 saturated carbocycles. The molecule has 7 nitrogen and oxygen atoms in total. The van der Waals surface area contributed by atoms with Crippen LogP contribution in [0.3, 0.4) is 0 Å². The fourth-order valence-corrected chi connectivity index (χ4v) is 4.23. The number of nitrogens with one attached hydrogen (secondary N) is 1. The smallest absolute Gasteiger partial charge is 0.341 e. The van der Waals surface area contributed by atoms with Crippen molar-refractivity contribution < 1.29 is 14.3 Å². The van der Waals surface area contributed by atoms with Crippen molar-refractivity contribution >= 4 is 39.8 Å². The lowest BCUT2D eigenvalue weighted by molar-refractivity contribution is 0.0529. The van der Waals surface area contributed by atoms with Gasteiger partial charge >= 0.3 is 5.97 Å². The molecule has 0 spiro atoms. The molecule has 0 atom stereocenters. The summed E-state index contributed by atoms with van der Waals surface area (Å²) in [5, 5.41) is 9.44. The molecule has 33 heavy (non-hydrogen) atoms. The van der Waals surface area contributed by atoms with Gasteiger partial charge in [-0.2, -0.15) is 5.10 Å². The summed E-state index contributed by atoms with van der Waals surface area (Å²) >= 11 is 7.10. The van der Waals surface area contributed by atoms with Crippen molar-refractivity contribution in [1.29, 1.82) is 0 Å². The molecule has 0 saturated heterocycles. The first-order valence-corrected chi connectivity index (χ1v) is 11.2. The van der Waals surface area contributed by atoms with Gasteiger partial charge in [-0.1, -0.05) is 41.9 Å². The van der Waals surface area contributed by atoms with Gasteiger partial charge < -0.3 is 10.1 Å². The molecular weight excluding hydrogens is 462 g/mol. The lowest BCUT2D eigenvalue weighted by Crippen LogP contribution is -2.25. The van der Waals surface area contributed by atoms with Crippen molar-refractivity contribution in [3.05, 3.63) is 98.7 Å². The largest absolute Gasteiger partial charge is 0.462 e. The number of rotatable bonds is 6. The van der Waals surface area contributed by atoms with Crippen LogP contribution in [0.15, 0.2) is 77.0 Å². The highest BCUT2D eigenvalue weighted by Crippen LogP contribution is 2.36. The number of aromatic nitrogens is 2. The van der Waals surface area contributed by atoms with Gasteiger partial charge in [0.2, 0.25) is 5.43 Å². The van der Waals surface area contributed by atoms with Gasteiger partial charge in [-0.3, -0.25) is 9.59 Å². The van der Waals surface area contributed by atoms with Crippen molar-refractivity contribution in [3.63, 3.8) is 0 Å². The summed E-state index contributed by atoms with van der Waals surface area (Å²) in [5.41, 5.74) is 1.44. The van der Waals surface area contributed by atoms with Gasteiger partial charge in [-0.05, 0) is 36.8 Å². The summed E-state index contributed by atoms with van der Waals surface area (Å²) in [6.45, 7) is 1.89. The third-order valence-corrected chi connectivity index (χ3v) is 5.84. The highest BCUT2D eigenvalue weighted by atomic mass is 35.5. The van der Waals surface area contributed by atoms with E-state index in [1.165, 1.54) is 28.3 Å². The summed E-state index contributed by atoms with van der Waals surface area (Å²) in [6, 6.07) is 17.3. The van der Waals surface area contributed by atoms with Crippen molar-refractivity contribution in [3.8, 4) is 16.8 Å². The number of hydrogen-bond acceptors (Lipinski definition) is 6. The molecule has 2 heterocycles. The van der Waals surface area contributed by atoms with Crippen LogP contribution in [0.2, 0.25) is 5.02 Å². The Balaban J connectivity index is 1.70. The number of benzene rings is 2. The van der Waals surface area contributed by atoms with Crippen molar-refractivity contribution in [2.24, 2.45) is 0 Å². The SMILES string of the molecule is CCOC(=O)c1c(-c2ccccc2)csc1NC(=O)c1nn(-c2ccc(Cl)cc2)ccc1=O. The Morgan fingerprint density at radius 1 is 1.09 bits per heavy atom. The van der Waals surface area contributed by atoms with E-state index in [9.17, 15) is 14.4 Å². The van der Waals surface area contributed by atoms with E-state index >= 15 is 0 Å². The molecule has 0 fully saturated rings. The van der Waals surface area contributed by atoms with Crippen molar-refractivity contribution in [1.82, 2.24) is 9.78 Å². The van der Waals surface area contributed by atoms with E-state index in [1.54, 1.807) is 36.6 Å². The standard InChI is InChI=1S/C24H18ClN3O4S/c1-2-32-24(31)20-18(15-6-4-3-5-7-15)14-33-23(20)26-22(30)21-19(29)12-13-28(27-21)17-10-8-16(25)9-11-17/h3-14H,2H2,1H3,(H,26,30). The maximum Gasteiger partial charge on any atom is 0.341 e. The Morgan fingerprint density at radius 3 is 2.52 bits per heavy atom. The van der Waals surface area contributed by atoms with Crippen LogP contribution >= 0.6 is 22.9 Å². The van der Waals surface area contributed by atoms with Crippen LogP contribution in [0.5, 0.6) is 0 Å². The molecular formula is C24H18ClN3O4S. The van der Waals surface area contributed by atoms with Gasteiger partial charge in [0.1, 0.15) is 10.6 Å². The second-order valence-corrected chi connectivity index (χ2v) is 8.16. The van der Waals surface area contributed by atoms with E-state index in [0.29, 0.717) is 16.3 Å². The van der Waals surface area contributed by atoms with Crippen molar-refractivity contribution in [2.75, 3.05) is 11.9 Å². The first-order chi connectivity index (χ1) is 16.0. The molecule has 1 N–H and O–H groups in total. The Kier molecular flexibility index (Phi) is 6.67. The minimum atomic E-state index is -0.727. The van der Waals surface area contributed by atoms with Crippen LogP contribution in [0, 0.1) is 0 Å². The van der Waals surface area contributed by atoms with Gasteiger partial charge in [0, 0.05) is 28.2 Å². The normalized spacial score (nSPS) is 10.6. The molecule has 9 heteroatoms. The third-order valence-electron chi connectivity index (χ3n) is 4.70. The van der Waals surface area contributed by atoms with Gasteiger partial charge in [-0.15, -0.1) is 11.3 Å². The lowest BCUT2D eigenvalue weighted by atomic mass is 10.0. The Morgan fingerprint density at radius 2 is 1.82 bits per heavy atom. The quantitative estimate of drug-likeness (QED) is 0.391. The average Bonchev–Trinajstić information content (AvgIpc) is 3.24. The van der Waals surface area contributed by atoms with Crippen LogP contribution in [-0.2, 0) is 4.74 Å². The molecule has 0 radical (unpaired) electrons. The fourth-order valence-electron chi connectivity index (χ4n) is 3.15. The first-order valence-electron chi connectivity index (χ1n) is 9.99. The van der Waals surface area contributed by atoms with Crippen LogP contribution in [0.4, 0.5) is 5.00 Å². The number of ether oxygens (including phenoxy) is 1. The highest BCUT2D eigenvalue weighted by Gasteiger charge is 2.24. The molecule has 0 bridgehead atoms. The van der Waals surface area contributed by atoms with Gasteiger partial charge in [0.05, 0.1) is 12.3 Å². The minimum absolute atomic E-state index is 0.183. The van der Waals surface area contributed by atoms with E-state index in [2.05, 4.69) is 10.4 Å². The number of anilines is 1. The predicted octanol–water partition coefficient (Wildman–Crippen LogP) is 5.04. The number of carbonyl (C=O) groups excluding carboxylic acids is 2. The van der Waals surface area contributed by atoms with E-state index in [1.807, 2.05) is 30.3 Å². The van der Waals surface area contributed by atoms with E-state index in [-0.39, 0.29) is 22.9 Å². The molecule has 4 rings (SSSR count). The number of thiophene rings is 1. The number of esters is 1. The Bertz CT molecular complexity index is 1360. The number of carbonyl (C=O) groups is 2. The molecule has 1 amide bonds. The lowest BCUT2D eigenvalue weighted by Gasteiger charge is -2.10. The predicted molar refractivity (Wildman–Crippen MR) is 129 cm³/mol. The van der Waals surface area contributed by atoms with Crippen LogP contribution in [-0.4, -0.2) is 28.3 Å². The average molecular weight is 480 g/mol. The van der Waals surface area contributed by atoms with Gasteiger partial charge in [0.15, 0.2) is 5.69 Å². The second kappa shape index (κ2) is 9.81. The minimum Gasteiger partial charge on any atom is -0.462 e. The molecule has 2 aromatic carbocycles. The third kappa shape index (κ3) is 4.87. The number of hydrogen-bond donors (Lipinski definition) is 1. The number of amides is 1. The fraction of sp³-hybridized carbons (Fsp3) is 0.0833. The number of halogens is 1. The topological polar surface area (TPSA) is 90.3 Å². The monoisotopic (exact) mass is 479 g/mol. The molecule has 0 aliphatic rings. The summed E-state index contributed by atoms with van der Waals surface area (Å²) < 4.78 is 6.62. The first kappa shape index (κ1) is 22.4. The summed E-state index contributed by atoms with van der Waals surface area (Å²) in [4.78, 5) is 38.1. The number of nitrogens with zero attached hydrogens (tertiary/aromatic N) is 2. The second-order valence-electron chi connectivity index (χ2n) is 6.84. The Labute approximate surface area is 198 Å². The molecule has 166 valence electrons. The van der Waals surface area contributed by atoms with E-state index in [4.69, 9.17) is 16.3 Å². The van der Waals surface area contributed by atoms with Gasteiger partial charge in [0.25, 0.3) is 5.91 Å². The van der Waals surface area contributed by atoms with Crippen LogP contribution in [0.1, 0.15) is 27.8 Å². The molecule has 0 aliphatic heterocycles. The maximum atomic E-state index is 13.0. The van der Waals surface area contributed by atoms with E-state index < -0.39 is 17.3 Å².